The molecule has 1 saturated heterocycles. The minimum Gasteiger partial charge on any atom is -0.345 e. The first kappa shape index (κ1) is 22.9. The summed E-state index contributed by atoms with van der Waals surface area (Å²) in [6.45, 7) is -1.01. The first-order valence-electron chi connectivity index (χ1n) is 9.02. The molecule has 0 bridgehead atoms. The topological polar surface area (TPSA) is 108 Å². The van der Waals surface area contributed by atoms with Gasteiger partial charge in [0.15, 0.2) is 0 Å². The molecule has 8 nitrogen and oxygen atoms in total. The Morgan fingerprint density at radius 1 is 0.966 bits per heavy atom. The molecule has 162 valence electrons. The standard InChI is InChI=1S/C17H23F3N4O4S/c18-17(19,20)12-23-15(25)11-22-16(26)21-10-13-4-6-14(7-5-13)29(27,28)24-8-2-1-3-9-24/h4-7H,1-3,8-12H2,(H,23,25)(H2,21,22,26). The van der Waals surface area contributed by atoms with Crippen molar-refractivity contribution in [1.29, 1.82) is 0 Å². The molecular formula is C17H23F3N4O4S. The number of amides is 3. The average molecular weight is 436 g/mol. The van der Waals surface area contributed by atoms with Crippen molar-refractivity contribution in [1.82, 2.24) is 20.3 Å². The number of hydrogen-bond acceptors (Lipinski definition) is 4. The Morgan fingerprint density at radius 3 is 2.17 bits per heavy atom. The van der Waals surface area contributed by atoms with Gasteiger partial charge in [0.2, 0.25) is 15.9 Å². The third kappa shape index (κ3) is 7.54. The third-order valence-corrected chi connectivity index (χ3v) is 6.14. The van der Waals surface area contributed by atoms with E-state index in [1.807, 2.05) is 0 Å². The van der Waals surface area contributed by atoms with Gasteiger partial charge in [0.25, 0.3) is 0 Å². The number of sulfonamides is 1. The molecule has 0 radical (unpaired) electrons. The highest BCUT2D eigenvalue weighted by Gasteiger charge is 2.28. The molecule has 0 aliphatic carbocycles. The highest BCUT2D eigenvalue weighted by molar-refractivity contribution is 7.89. The molecule has 1 heterocycles. The summed E-state index contributed by atoms with van der Waals surface area (Å²) in [6.07, 6.45) is -1.83. The Hall–Kier alpha value is -2.34. The Kier molecular flexibility index (Phi) is 7.85. The van der Waals surface area contributed by atoms with Crippen LogP contribution in [0.5, 0.6) is 0 Å². The maximum absolute atomic E-state index is 12.6. The van der Waals surface area contributed by atoms with Gasteiger partial charge in [-0.25, -0.2) is 13.2 Å². The highest BCUT2D eigenvalue weighted by atomic mass is 32.2. The number of halogens is 3. The zero-order chi connectivity index (χ0) is 21.5. The fourth-order valence-electron chi connectivity index (χ4n) is 2.70. The predicted molar refractivity (Wildman–Crippen MR) is 98.4 cm³/mol. The molecule has 3 amide bonds. The lowest BCUT2D eigenvalue weighted by molar-refractivity contribution is -0.137. The van der Waals surface area contributed by atoms with Crippen molar-refractivity contribution in [2.24, 2.45) is 0 Å². The summed E-state index contributed by atoms with van der Waals surface area (Å²) < 4.78 is 62.5. The number of urea groups is 1. The molecule has 12 heteroatoms. The van der Waals surface area contributed by atoms with Crippen LogP contribution >= 0.6 is 0 Å². The van der Waals surface area contributed by atoms with Crippen LogP contribution in [0.15, 0.2) is 29.2 Å². The number of nitrogens with one attached hydrogen (secondary N) is 3. The first-order chi connectivity index (χ1) is 13.6. The molecule has 3 N–H and O–H groups in total. The van der Waals surface area contributed by atoms with Crippen LogP contribution < -0.4 is 16.0 Å². The Morgan fingerprint density at radius 2 is 1.59 bits per heavy atom. The lowest BCUT2D eigenvalue weighted by Crippen LogP contribution is -2.43. The van der Waals surface area contributed by atoms with Crippen molar-refractivity contribution in [3.8, 4) is 0 Å². The van der Waals surface area contributed by atoms with Crippen LogP contribution in [0.2, 0.25) is 0 Å². The average Bonchev–Trinajstić information content (AvgIpc) is 2.69. The molecule has 0 saturated carbocycles. The van der Waals surface area contributed by atoms with Gasteiger partial charge >= 0.3 is 12.2 Å². The Balaban J connectivity index is 1.78. The SMILES string of the molecule is O=C(CNC(=O)NCc1ccc(S(=O)(=O)N2CCCCC2)cc1)NCC(F)(F)F. The molecule has 29 heavy (non-hydrogen) atoms. The fraction of sp³-hybridized carbons (Fsp3) is 0.529. The monoisotopic (exact) mass is 436 g/mol. The van der Waals surface area contributed by atoms with Crippen LogP contribution in [-0.2, 0) is 21.4 Å². The van der Waals surface area contributed by atoms with Crippen molar-refractivity contribution >= 4 is 22.0 Å². The van der Waals surface area contributed by atoms with Gasteiger partial charge < -0.3 is 16.0 Å². The van der Waals surface area contributed by atoms with E-state index >= 15 is 0 Å². The Bertz CT molecular complexity index is 807. The minimum atomic E-state index is -4.52. The molecule has 0 aromatic heterocycles. The molecule has 0 unspecified atom stereocenters. The molecule has 2 rings (SSSR count). The highest BCUT2D eigenvalue weighted by Crippen LogP contribution is 2.20. The van der Waals surface area contributed by atoms with E-state index in [0.717, 1.165) is 19.3 Å². The van der Waals surface area contributed by atoms with Gasteiger partial charge in [-0.15, -0.1) is 0 Å². The molecule has 1 aromatic carbocycles. The second-order valence-corrected chi connectivity index (χ2v) is 8.47. The van der Waals surface area contributed by atoms with Gasteiger partial charge in [0, 0.05) is 19.6 Å². The van der Waals surface area contributed by atoms with Crippen molar-refractivity contribution in [3.05, 3.63) is 29.8 Å². The van der Waals surface area contributed by atoms with Crippen LogP contribution in [0.1, 0.15) is 24.8 Å². The summed E-state index contributed by atoms with van der Waals surface area (Å²) in [5.41, 5.74) is 0.624. The Labute approximate surface area is 166 Å². The molecule has 0 atom stereocenters. The van der Waals surface area contributed by atoms with Crippen LogP contribution in [-0.4, -0.2) is 57.0 Å². The summed E-state index contributed by atoms with van der Waals surface area (Å²) in [5, 5.41) is 6.20. The van der Waals surface area contributed by atoms with Crippen molar-refractivity contribution in [3.63, 3.8) is 0 Å². The molecule has 0 spiro atoms. The van der Waals surface area contributed by atoms with Gasteiger partial charge in [0.1, 0.15) is 6.54 Å². The normalized spacial score (nSPS) is 15.6. The molecule has 1 fully saturated rings. The summed E-state index contributed by atoms with van der Waals surface area (Å²) in [4.78, 5) is 23.0. The van der Waals surface area contributed by atoms with Gasteiger partial charge in [0.05, 0.1) is 11.4 Å². The third-order valence-electron chi connectivity index (χ3n) is 4.22. The summed E-state index contributed by atoms with van der Waals surface area (Å²) >= 11 is 0. The summed E-state index contributed by atoms with van der Waals surface area (Å²) in [5.74, 6) is -0.968. The lowest BCUT2D eigenvalue weighted by Gasteiger charge is -2.25. The second kappa shape index (κ2) is 9.92. The molecule has 1 aromatic rings. The number of carbonyl (C=O) groups is 2. The zero-order valence-electron chi connectivity index (χ0n) is 15.6. The molecule has 1 aliphatic rings. The number of benzene rings is 1. The number of alkyl halides is 3. The molecular weight excluding hydrogens is 413 g/mol. The number of nitrogens with zero attached hydrogens (tertiary/aromatic N) is 1. The minimum absolute atomic E-state index is 0.0556. The predicted octanol–water partition coefficient (Wildman–Crippen LogP) is 1.34. The van der Waals surface area contributed by atoms with Crippen molar-refractivity contribution in [2.75, 3.05) is 26.2 Å². The van der Waals surface area contributed by atoms with E-state index in [4.69, 9.17) is 0 Å². The van der Waals surface area contributed by atoms with Crippen LogP contribution in [0.3, 0.4) is 0 Å². The smallest absolute Gasteiger partial charge is 0.345 e. The molecule has 1 aliphatic heterocycles. The number of carbonyl (C=O) groups excluding carboxylic acids is 2. The van der Waals surface area contributed by atoms with Crippen LogP contribution in [0, 0.1) is 0 Å². The number of hydrogen-bond donors (Lipinski definition) is 3. The second-order valence-electron chi connectivity index (χ2n) is 6.54. The van der Waals surface area contributed by atoms with E-state index in [9.17, 15) is 31.2 Å². The van der Waals surface area contributed by atoms with E-state index in [-0.39, 0.29) is 11.4 Å². The van der Waals surface area contributed by atoms with E-state index in [1.54, 1.807) is 17.4 Å². The summed E-state index contributed by atoms with van der Waals surface area (Å²) in [6, 6.07) is 5.31. The number of rotatable bonds is 7. The van der Waals surface area contributed by atoms with Crippen molar-refractivity contribution in [2.45, 2.75) is 36.9 Å². The van der Waals surface area contributed by atoms with Crippen molar-refractivity contribution < 1.29 is 31.2 Å². The maximum Gasteiger partial charge on any atom is 0.405 e. The summed E-state index contributed by atoms with van der Waals surface area (Å²) in [7, 11) is -3.54. The largest absolute Gasteiger partial charge is 0.405 e. The van der Waals surface area contributed by atoms with Gasteiger partial charge in [-0.3, -0.25) is 4.79 Å². The maximum atomic E-state index is 12.6. The zero-order valence-corrected chi connectivity index (χ0v) is 16.4. The fourth-order valence-corrected chi connectivity index (χ4v) is 4.22. The van der Waals surface area contributed by atoms with E-state index < -0.39 is 41.2 Å². The van der Waals surface area contributed by atoms with Crippen LogP contribution in [0.25, 0.3) is 0 Å². The van der Waals surface area contributed by atoms with E-state index in [2.05, 4.69) is 10.6 Å². The quantitative estimate of drug-likeness (QED) is 0.600. The number of piperidine rings is 1. The van der Waals surface area contributed by atoms with E-state index in [0.29, 0.717) is 18.7 Å². The van der Waals surface area contributed by atoms with Gasteiger partial charge in [-0.05, 0) is 30.5 Å². The first-order valence-corrected chi connectivity index (χ1v) is 10.5. The van der Waals surface area contributed by atoms with E-state index in [1.165, 1.54) is 16.4 Å². The lowest BCUT2D eigenvalue weighted by atomic mass is 10.2. The van der Waals surface area contributed by atoms with Gasteiger partial charge in [-0.1, -0.05) is 18.6 Å². The van der Waals surface area contributed by atoms with Gasteiger partial charge in [-0.2, -0.15) is 17.5 Å². The van der Waals surface area contributed by atoms with Crippen LogP contribution in [0.4, 0.5) is 18.0 Å².